The Bertz CT molecular complexity index is 837. The monoisotopic (exact) mass is 412 g/mol. The Kier molecular flexibility index (Phi) is 9.51. The number of carbonyl (C=O) groups excluding carboxylic acids is 1. The molecule has 0 aliphatic rings. The van der Waals surface area contributed by atoms with Crippen LogP contribution in [-0.4, -0.2) is 50.6 Å². The smallest absolute Gasteiger partial charge is 0.259 e. The lowest BCUT2D eigenvalue weighted by Gasteiger charge is -2.14. The highest BCUT2D eigenvalue weighted by Crippen LogP contribution is 2.17. The van der Waals surface area contributed by atoms with Crippen molar-refractivity contribution in [2.24, 2.45) is 4.99 Å². The summed E-state index contributed by atoms with van der Waals surface area (Å²) in [6.45, 7) is 6.51. The van der Waals surface area contributed by atoms with Crippen molar-refractivity contribution in [2.45, 2.75) is 26.9 Å². The molecule has 30 heavy (non-hydrogen) atoms. The molecule has 1 amide bonds. The van der Waals surface area contributed by atoms with Gasteiger partial charge in [0.1, 0.15) is 11.5 Å². The second-order valence-corrected chi connectivity index (χ2v) is 6.81. The van der Waals surface area contributed by atoms with Crippen LogP contribution in [0.5, 0.6) is 11.5 Å². The molecular weight excluding hydrogens is 380 g/mol. The number of amides is 1. The molecule has 0 aliphatic carbocycles. The molecule has 7 heteroatoms. The van der Waals surface area contributed by atoms with Gasteiger partial charge in [-0.1, -0.05) is 30.3 Å². The number of guanidine groups is 1. The lowest BCUT2D eigenvalue weighted by molar-refractivity contribution is -0.130. The van der Waals surface area contributed by atoms with Crippen molar-refractivity contribution >= 4 is 11.9 Å². The first-order valence-corrected chi connectivity index (χ1v) is 10.2. The van der Waals surface area contributed by atoms with E-state index in [9.17, 15) is 4.79 Å². The van der Waals surface area contributed by atoms with Crippen LogP contribution in [-0.2, 0) is 17.9 Å². The van der Waals surface area contributed by atoms with Gasteiger partial charge in [-0.3, -0.25) is 4.79 Å². The maximum absolute atomic E-state index is 11.7. The number of rotatable bonds is 10. The van der Waals surface area contributed by atoms with E-state index in [-0.39, 0.29) is 12.5 Å². The predicted octanol–water partition coefficient (Wildman–Crippen LogP) is 2.81. The van der Waals surface area contributed by atoms with Gasteiger partial charge in [0, 0.05) is 32.7 Å². The van der Waals surface area contributed by atoms with E-state index in [1.165, 1.54) is 4.90 Å². The molecule has 0 unspecified atom stereocenters. The summed E-state index contributed by atoms with van der Waals surface area (Å²) in [6.07, 6.45) is 0. The standard InChI is InChI=1S/C23H32N4O3/c1-5-24-23(26-16-19-11-7-8-13-21(19)29-6-2)25-15-18-10-9-12-20(14-18)30-17-22(28)27(3)4/h7-14H,5-6,15-17H2,1-4H3,(H2,24,25,26). The molecule has 0 fully saturated rings. The second-order valence-electron chi connectivity index (χ2n) is 6.81. The van der Waals surface area contributed by atoms with Gasteiger partial charge in [-0.25, -0.2) is 4.99 Å². The summed E-state index contributed by atoms with van der Waals surface area (Å²) in [5, 5.41) is 6.61. The highest BCUT2D eigenvalue weighted by Gasteiger charge is 2.06. The summed E-state index contributed by atoms with van der Waals surface area (Å²) < 4.78 is 11.3. The molecule has 0 spiro atoms. The maximum Gasteiger partial charge on any atom is 0.259 e. The van der Waals surface area contributed by atoms with Crippen LogP contribution in [0.1, 0.15) is 25.0 Å². The molecule has 0 atom stereocenters. The van der Waals surface area contributed by atoms with Crippen LogP contribution in [0.3, 0.4) is 0 Å². The number of hydrogen-bond acceptors (Lipinski definition) is 4. The van der Waals surface area contributed by atoms with Crippen molar-refractivity contribution in [3.05, 3.63) is 59.7 Å². The first kappa shape index (κ1) is 23.1. The molecule has 0 aromatic heterocycles. The van der Waals surface area contributed by atoms with Gasteiger partial charge in [-0.05, 0) is 37.6 Å². The molecule has 2 N–H and O–H groups in total. The van der Waals surface area contributed by atoms with E-state index >= 15 is 0 Å². The summed E-state index contributed by atoms with van der Waals surface area (Å²) in [4.78, 5) is 17.9. The third kappa shape index (κ3) is 7.66. The number of carbonyl (C=O) groups is 1. The van der Waals surface area contributed by atoms with Crippen LogP contribution < -0.4 is 20.1 Å². The van der Waals surface area contributed by atoms with Gasteiger partial charge >= 0.3 is 0 Å². The summed E-state index contributed by atoms with van der Waals surface area (Å²) >= 11 is 0. The van der Waals surface area contributed by atoms with Crippen LogP contribution in [0.4, 0.5) is 0 Å². The van der Waals surface area contributed by atoms with Gasteiger partial charge in [-0.2, -0.15) is 0 Å². The third-order valence-electron chi connectivity index (χ3n) is 4.24. The minimum atomic E-state index is -0.0793. The Morgan fingerprint density at radius 2 is 1.83 bits per heavy atom. The highest BCUT2D eigenvalue weighted by molar-refractivity contribution is 5.79. The number of para-hydroxylation sites is 1. The summed E-state index contributed by atoms with van der Waals surface area (Å²) in [7, 11) is 3.41. The molecule has 0 radical (unpaired) electrons. The van der Waals surface area contributed by atoms with Gasteiger partial charge in [0.2, 0.25) is 0 Å². The lowest BCUT2D eigenvalue weighted by atomic mass is 10.2. The number of nitrogens with one attached hydrogen (secondary N) is 2. The number of aliphatic imine (C=N–C) groups is 1. The van der Waals surface area contributed by atoms with E-state index in [0.717, 1.165) is 29.4 Å². The average Bonchev–Trinajstić information content (AvgIpc) is 2.75. The molecule has 0 saturated carbocycles. The van der Waals surface area contributed by atoms with Crippen molar-refractivity contribution in [3.63, 3.8) is 0 Å². The van der Waals surface area contributed by atoms with E-state index in [0.29, 0.717) is 25.4 Å². The minimum absolute atomic E-state index is 0.0170. The number of nitrogens with zero attached hydrogens (tertiary/aromatic N) is 2. The number of ether oxygens (including phenoxy) is 2. The summed E-state index contributed by atoms with van der Waals surface area (Å²) in [5.74, 6) is 2.17. The Balaban J connectivity index is 1.99. The topological polar surface area (TPSA) is 75.2 Å². The second kappa shape index (κ2) is 12.4. The normalized spacial score (nSPS) is 11.0. The van der Waals surface area contributed by atoms with Gasteiger partial charge in [0.15, 0.2) is 12.6 Å². The first-order chi connectivity index (χ1) is 14.5. The third-order valence-corrected chi connectivity index (χ3v) is 4.24. The van der Waals surface area contributed by atoms with Gasteiger partial charge in [0.25, 0.3) is 5.91 Å². The molecule has 7 nitrogen and oxygen atoms in total. The van der Waals surface area contributed by atoms with Crippen LogP contribution in [0.25, 0.3) is 0 Å². The quantitative estimate of drug-likeness (QED) is 0.464. The molecule has 0 bridgehead atoms. The maximum atomic E-state index is 11.7. The van der Waals surface area contributed by atoms with Crippen LogP contribution in [0.15, 0.2) is 53.5 Å². The summed E-state index contributed by atoms with van der Waals surface area (Å²) in [5.41, 5.74) is 2.07. The zero-order chi connectivity index (χ0) is 21.8. The van der Waals surface area contributed by atoms with Crippen molar-refractivity contribution < 1.29 is 14.3 Å². The Hall–Kier alpha value is -3.22. The number of benzene rings is 2. The first-order valence-electron chi connectivity index (χ1n) is 10.2. The molecule has 2 rings (SSSR count). The zero-order valence-electron chi connectivity index (χ0n) is 18.3. The molecule has 2 aromatic carbocycles. The zero-order valence-corrected chi connectivity index (χ0v) is 18.3. The minimum Gasteiger partial charge on any atom is -0.494 e. The van der Waals surface area contributed by atoms with Crippen molar-refractivity contribution in [3.8, 4) is 11.5 Å². The van der Waals surface area contributed by atoms with Crippen LogP contribution in [0, 0.1) is 0 Å². The van der Waals surface area contributed by atoms with E-state index in [4.69, 9.17) is 9.47 Å². The van der Waals surface area contributed by atoms with E-state index in [2.05, 4.69) is 15.6 Å². The van der Waals surface area contributed by atoms with Gasteiger partial charge < -0.3 is 25.0 Å². The summed E-state index contributed by atoms with van der Waals surface area (Å²) in [6, 6.07) is 15.6. The van der Waals surface area contributed by atoms with Crippen molar-refractivity contribution in [1.82, 2.24) is 15.5 Å². The number of hydrogen-bond donors (Lipinski definition) is 2. The van der Waals surface area contributed by atoms with E-state index in [1.54, 1.807) is 14.1 Å². The highest BCUT2D eigenvalue weighted by atomic mass is 16.5. The largest absolute Gasteiger partial charge is 0.494 e. The lowest BCUT2D eigenvalue weighted by Crippen LogP contribution is -2.36. The Morgan fingerprint density at radius 1 is 1.03 bits per heavy atom. The van der Waals surface area contributed by atoms with Crippen LogP contribution in [0.2, 0.25) is 0 Å². The van der Waals surface area contributed by atoms with Crippen molar-refractivity contribution in [2.75, 3.05) is 33.9 Å². The fourth-order valence-corrected chi connectivity index (χ4v) is 2.65. The molecule has 0 heterocycles. The molecular formula is C23H32N4O3. The number of likely N-dealkylation sites (N-methyl/N-ethyl adjacent to an activating group) is 1. The predicted molar refractivity (Wildman–Crippen MR) is 120 cm³/mol. The van der Waals surface area contributed by atoms with E-state index < -0.39 is 0 Å². The van der Waals surface area contributed by atoms with Crippen LogP contribution >= 0.6 is 0 Å². The fraction of sp³-hybridized carbons (Fsp3) is 0.391. The van der Waals surface area contributed by atoms with Crippen molar-refractivity contribution in [1.29, 1.82) is 0 Å². The van der Waals surface area contributed by atoms with Gasteiger partial charge in [0.05, 0.1) is 13.2 Å². The fourth-order valence-electron chi connectivity index (χ4n) is 2.65. The van der Waals surface area contributed by atoms with Gasteiger partial charge in [-0.15, -0.1) is 0 Å². The molecule has 2 aromatic rings. The Labute approximate surface area is 179 Å². The van der Waals surface area contributed by atoms with E-state index in [1.807, 2.05) is 62.4 Å². The molecule has 162 valence electrons. The average molecular weight is 413 g/mol. The Morgan fingerprint density at radius 3 is 2.57 bits per heavy atom. The molecule has 0 aliphatic heterocycles. The molecule has 0 saturated heterocycles. The SMILES string of the molecule is CCNC(=NCc1cccc(OCC(=O)N(C)C)c1)NCc1ccccc1OCC.